The molecule has 0 aliphatic rings. The fraction of sp³-hybridized carbons (Fsp3) is 0.0222. The Labute approximate surface area is 302 Å². The smallest absolute Gasteiger partial charge is 0.0890 e. The van der Waals surface area contributed by atoms with Gasteiger partial charge in [0.15, 0.2) is 0 Å². The Morgan fingerprint density at radius 3 is 1.36 bits per heavy atom. The van der Waals surface area contributed by atoms with Crippen molar-refractivity contribution in [2.24, 2.45) is 0 Å². The van der Waals surface area contributed by atoms with E-state index in [1.807, 2.05) is 34.0 Å². The van der Waals surface area contributed by atoms with E-state index in [0.29, 0.717) is 0 Å². The quantitative estimate of drug-likeness (QED) is 0.171. The molecule has 2 nitrogen and oxygen atoms in total. The summed E-state index contributed by atoms with van der Waals surface area (Å²) >= 11 is 5.69. The molecule has 0 saturated carbocycles. The molecule has 0 fully saturated rings. The van der Waals surface area contributed by atoms with Gasteiger partial charge in [-0.2, -0.15) is 0 Å². The first-order chi connectivity index (χ1) is 24.7. The number of anilines is 6. The maximum atomic E-state index is 2.41. The van der Waals surface area contributed by atoms with Gasteiger partial charge in [-0.15, -0.1) is 34.0 Å². The minimum atomic E-state index is 1.15. The number of para-hydroxylation sites is 3. The summed E-state index contributed by atoms with van der Waals surface area (Å²) in [5.41, 5.74) is 8.29. The van der Waals surface area contributed by atoms with E-state index in [1.165, 1.54) is 72.4 Å². The van der Waals surface area contributed by atoms with E-state index in [1.54, 1.807) is 0 Å². The second-order valence-electron chi connectivity index (χ2n) is 12.6. The van der Waals surface area contributed by atoms with Crippen LogP contribution in [0.3, 0.4) is 0 Å². The molecule has 0 N–H and O–H groups in total. The van der Waals surface area contributed by atoms with Crippen molar-refractivity contribution in [2.45, 2.75) is 6.92 Å². The molecule has 0 atom stereocenters. The predicted octanol–water partition coefficient (Wildman–Crippen LogP) is 14.9. The zero-order valence-corrected chi connectivity index (χ0v) is 29.7. The number of hydrogen-bond acceptors (Lipinski definition) is 5. The number of nitrogens with zero attached hydrogens (tertiary/aromatic N) is 2. The average molecular weight is 695 g/mol. The van der Waals surface area contributed by atoms with E-state index < -0.39 is 0 Å². The van der Waals surface area contributed by atoms with Gasteiger partial charge in [0, 0.05) is 79.9 Å². The Bertz CT molecular complexity index is 2790. The van der Waals surface area contributed by atoms with Gasteiger partial charge < -0.3 is 9.80 Å². The summed E-state index contributed by atoms with van der Waals surface area (Å²) in [6.07, 6.45) is 0. The summed E-state index contributed by atoms with van der Waals surface area (Å²) in [4.78, 5) is 4.75. The molecule has 0 saturated heterocycles. The lowest BCUT2D eigenvalue weighted by Gasteiger charge is -2.26. The van der Waals surface area contributed by atoms with Crippen molar-refractivity contribution in [3.05, 3.63) is 169 Å². The topological polar surface area (TPSA) is 6.48 Å². The molecular formula is C45H30N2S3. The number of rotatable bonds is 6. The molecule has 0 amide bonds. The van der Waals surface area contributed by atoms with E-state index in [0.717, 1.165) is 17.1 Å². The van der Waals surface area contributed by atoms with Crippen molar-refractivity contribution in [2.75, 3.05) is 9.80 Å². The fourth-order valence-electron chi connectivity index (χ4n) is 7.37. The second kappa shape index (κ2) is 11.9. The van der Waals surface area contributed by atoms with Crippen LogP contribution >= 0.6 is 34.0 Å². The molecule has 0 aliphatic heterocycles. The Hall–Kier alpha value is -5.46. The third kappa shape index (κ3) is 4.81. The first-order valence-electron chi connectivity index (χ1n) is 16.8. The van der Waals surface area contributed by atoms with E-state index in [4.69, 9.17) is 0 Å². The number of benzene rings is 7. The highest BCUT2D eigenvalue weighted by molar-refractivity contribution is 7.44. The molecule has 10 aromatic rings. The number of aryl methyl sites for hydroxylation is 1. The third-order valence-electron chi connectivity index (χ3n) is 9.56. The van der Waals surface area contributed by atoms with E-state index in [9.17, 15) is 0 Å². The van der Waals surface area contributed by atoms with Gasteiger partial charge in [-0.25, -0.2) is 0 Å². The summed E-state index contributed by atoms with van der Waals surface area (Å²) in [7, 11) is 0. The van der Waals surface area contributed by atoms with Crippen molar-refractivity contribution in [1.82, 2.24) is 0 Å². The van der Waals surface area contributed by atoms with Crippen LogP contribution < -0.4 is 9.80 Å². The molecule has 3 aromatic heterocycles. The van der Waals surface area contributed by atoms with Crippen LogP contribution in [-0.2, 0) is 0 Å². The minimum absolute atomic E-state index is 1.15. The normalized spacial score (nSPS) is 11.7. The summed E-state index contributed by atoms with van der Waals surface area (Å²) in [6.45, 7) is 2.25. The van der Waals surface area contributed by atoms with Gasteiger partial charge in [0.25, 0.3) is 0 Å². The lowest BCUT2D eigenvalue weighted by molar-refractivity contribution is 1.29. The molecule has 0 radical (unpaired) electrons. The Balaban J connectivity index is 1.09. The van der Waals surface area contributed by atoms with Crippen LogP contribution in [-0.4, -0.2) is 0 Å². The van der Waals surface area contributed by atoms with Crippen molar-refractivity contribution in [3.63, 3.8) is 0 Å². The van der Waals surface area contributed by atoms with Crippen LogP contribution in [0.5, 0.6) is 0 Å². The summed E-state index contributed by atoms with van der Waals surface area (Å²) in [5.74, 6) is 0. The first kappa shape index (κ1) is 29.5. The van der Waals surface area contributed by atoms with Crippen molar-refractivity contribution in [3.8, 4) is 0 Å². The number of hydrogen-bond donors (Lipinski definition) is 0. The molecule has 0 unspecified atom stereocenters. The summed E-state index contributed by atoms with van der Waals surface area (Å²) in [6, 6.07) is 59.5. The number of fused-ring (bicyclic) bond motifs is 8. The van der Waals surface area contributed by atoms with Crippen LogP contribution in [0.25, 0.3) is 49.7 Å². The molecule has 0 aliphatic carbocycles. The molecule has 0 spiro atoms. The lowest BCUT2D eigenvalue weighted by atomic mass is 10.0. The second-order valence-corrected chi connectivity index (χ2v) is 16.1. The van der Waals surface area contributed by atoms with Gasteiger partial charge in [-0.3, -0.25) is 0 Å². The largest absolute Gasteiger partial charge is 0.310 e. The summed E-state index contributed by atoms with van der Waals surface area (Å²) < 4.78 is 6.64. The zero-order valence-electron chi connectivity index (χ0n) is 27.2. The number of thiophene rings is 3. The SMILES string of the molecule is Cc1cc(N(c2ccccc2)c2ccc3c(c2)sc2sc4cc(N(c5ccccc5)c5ccccc5)ccc4c23)cc2sc3ccccc3c12. The van der Waals surface area contributed by atoms with Crippen LogP contribution in [0, 0.1) is 6.92 Å². The molecule has 238 valence electrons. The van der Waals surface area contributed by atoms with E-state index in [-0.39, 0.29) is 0 Å². The highest BCUT2D eigenvalue weighted by Gasteiger charge is 2.20. The molecule has 50 heavy (non-hydrogen) atoms. The zero-order chi connectivity index (χ0) is 33.2. The third-order valence-corrected chi connectivity index (χ3v) is 13.1. The average Bonchev–Trinajstić information content (AvgIpc) is 3.82. The molecule has 0 bridgehead atoms. The highest BCUT2D eigenvalue weighted by Crippen LogP contribution is 2.48. The van der Waals surface area contributed by atoms with E-state index >= 15 is 0 Å². The van der Waals surface area contributed by atoms with Gasteiger partial charge in [0.2, 0.25) is 0 Å². The van der Waals surface area contributed by atoms with Crippen molar-refractivity contribution >= 4 is 118 Å². The monoisotopic (exact) mass is 694 g/mol. The standard InChI is InChI=1S/C45H30N2S3/c1-29-25-35(28-42-43(29)36-19-11-12-20-39(36)48-42)47(32-17-9-4-10-18-32)34-22-24-38-41(27-34)50-45-44(38)37-23-21-33(26-40(37)49-45)46(30-13-5-2-6-14-30)31-15-7-3-8-16-31/h2-28H,1H3. The fourth-order valence-corrected chi connectivity index (χ4v) is 11.3. The molecule has 10 rings (SSSR count). The molecule has 5 heteroatoms. The predicted molar refractivity (Wildman–Crippen MR) is 222 cm³/mol. The van der Waals surface area contributed by atoms with Gasteiger partial charge in [-0.05, 0) is 91.3 Å². The maximum absolute atomic E-state index is 2.41. The van der Waals surface area contributed by atoms with Crippen LogP contribution in [0.4, 0.5) is 34.1 Å². The lowest BCUT2D eigenvalue weighted by Crippen LogP contribution is -2.09. The Morgan fingerprint density at radius 2 is 0.800 bits per heavy atom. The Morgan fingerprint density at radius 1 is 0.340 bits per heavy atom. The first-order valence-corrected chi connectivity index (χ1v) is 19.2. The van der Waals surface area contributed by atoms with E-state index in [2.05, 4.69) is 181 Å². The minimum Gasteiger partial charge on any atom is -0.310 e. The summed E-state index contributed by atoms with van der Waals surface area (Å²) in [5, 5.41) is 6.71. The molecule has 7 aromatic carbocycles. The maximum Gasteiger partial charge on any atom is 0.0890 e. The van der Waals surface area contributed by atoms with Crippen molar-refractivity contribution < 1.29 is 0 Å². The highest BCUT2D eigenvalue weighted by atomic mass is 32.2. The van der Waals surface area contributed by atoms with Gasteiger partial charge in [0.05, 0.1) is 4.01 Å². The van der Waals surface area contributed by atoms with Crippen LogP contribution in [0.1, 0.15) is 5.56 Å². The Kier molecular flexibility index (Phi) is 6.98. The van der Waals surface area contributed by atoms with Crippen LogP contribution in [0.2, 0.25) is 0 Å². The molecular weight excluding hydrogens is 665 g/mol. The van der Waals surface area contributed by atoms with Crippen LogP contribution in [0.15, 0.2) is 164 Å². The van der Waals surface area contributed by atoms with Crippen molar-refractivity contribution in [1.29, 1.82) is 0 Å². The van der Waals surface area contributed by atoms with Gasteiger partial charge >= 0.3 is 0 Å². The van der Waals surface area contributed by atoms with Gasteiger partial charge in [-0.1, -0.05) is 84.9 Å². The molecule has 3 heterocycles. The van der Waals surface area contributed by atoms with Gasteiger partial charge in [0.1, 0.15) is 0 Å².